The standard InChI is InChI=1S/C16H21N7O3/c1-11-7-14(25)23(10-18-11)9-13(24)17-8-12-19-15(21-16(20-12)26-2)22-5-3-4-6-22/h7,10H,3-6,8-9H2,1-2H3,(H,17,24). The van der Waals surface area contributed by atoms with Crippen LogP contribution in [0.25, 0.3) is 0 Å². The molecule has 1 aliphatic rings. The smallest absolute Gasteiger partial charge is 0.321 e. The number of carbonyl (C=O) groups is 1. The quantitative estimate of drug-likeness (QED) is 0.745. The molecule has 26 heavy (non-hydrogen) atoms. The molecule has 3 rings (SSSR count). The van der Waals surface area contributed by atoms with Crippen LogP contribution in [0.2, 0.25) is 0 Å². The van der Waals surface area contributed by atoms with E-state index in [0.29, 0.717) is 17.5 Å². The first-order valence-electron chi connectivity index (χ1n) is 8.39. The third-order valence-corrected chi connectivity index (χ3v) is 3.99. The van der Waals surface area contributed by atoms with Crippen LogP contribution >= 0.6 is 0 Å². The van der Waals surface area contributed by atoms with E-state index in [4.69, 9.17) is 4.74 Å². The summed E-state index contributed by atoms with van der Waals surface area (Å²) in [5.74, 6) is 0.624. The van der Waals surface area contributed by atoms with Gasteiger partial charge in [-0.3, -0.25) is 14.2 Å². The molecule has 0 atom stereocenters. The minimum atomic E-state index is -0.333. The van der Waals surface area contributed by atoms with Crippen molar-refractivity contribution in [3.63, 3.8) is 0 Å². The lowest BCUT2D eigenvalue weighted by molar-refractivity contribution is -0.121. The molecule has 10 heteroatoms. The lowest BCUT2D eigenvalue weighted by Gasteiger charge is -2.16. The Kier molecular flexibility index (Phi) is 5.40. The van der Waals surface area contributed by atoms with Gasteiger partial charge in [0.2, 0.25) is 11.9 Å². The summed E-state index contributed by atoms with van der Waals surface area (Å²) in [4.78, 5) is 42.8. The predicted molar refractivity (Wildman–Crippen MR) is 92.9 cm³/mol. The van der Waals surface area contributed by atoms with E-state index in [9.17, 15) is 9.59 Å². The van der Waals surface area contributed by atoms with Gasteiger partial charge in [0.05, 0.1) is 20.0 Å². The summed E-state index contributed by atoms with van der Waals surface area (Å²) >= 11 is 0. The first-order chi connectivity index (χ1) is 12.5. The largest absolute Gasteiger partial charge is 0.467 e. The average Bonchev–Trinajstić information content (AvgIpc) is 3.17. The summed E-state index contributed by atoms with van der Waals surface area (Å²) in [7, 11) is 1.49. The average molecular weight is 359 g/mol. The van der Waals surface area contributed by atoms with Crippen molar-refractivity contribution in [2.24, 2.45) is 0 Å². The van der Waals surface area contributed by atoms with Gasteiger partial charge in [-0.05, 0) is 19.8 Å². The molecule has 3 heterocycles. The Hall–Kier alpha value is -3.04. The molecule has 1 aliphatic heterocycles. The van der Waals surface area contributed by atoms with Crippen LogP contribution < -0.4 is 20.5 Å². The van der Waals surface area contributed by atoms with Crippen LogP contribution in [0.3, 0.4) is 0 Å². The van der Waals surface area contributed by atoms with Crippen molar-refractivity contribution in [2.45, 2.75) is 32.9 Å². The summed E-state index contributed by atoms with van der Waals surface area (Å²) in [6, 6.07) is 1.59. The highest BCUT2D eigenvalue weighted by Gasteiger charge is 2.18. The molecule has 2 aromatic rings. The second kappa shape index (κ2) is 7.89. The number of methoxy groups -OCH3 is 1. The van der Waals surface area contributed by atoms with E-state index in [1.54, 1.807) is 6.92 Å². The number of hydrogen-bond acceptors (Lipinski definition) is 8. The van der Waals surface area contributed by atoms with E-state index in [-0.39, 0.29) is 30.6 Å². The molecule has 1 saturated heterocycles. The maximum absolute atomic E-state index is 12.1. The maximum atomic E-state index is 12.1. The van der Waals surface area contributed by atoms with Gasteiger partial charge in [-0.15, -0.1) is 0 Å². The number of nitrogens with one attached hydrogen (secondary N) is 1. The van der Waals surface area contributed by atoms with Crippen LogP contribution in [0.5, 0.6) is 6.01 Å². The number of rotatable bonds is 6. The van der Waals surface area contributed by atoms with Crippen molar-refractivity contribution in [1.82, 2.24) is 29.8 Å². The SMILES string of the molecule is COc1nc(CNC(=O)Cn2cnc(C)cc2=O)nc(N2CCCC2)n1. The zero-order chi connectivity index (χ0) is 18.5. The van der Waals surface area contributed by atoms with Gasteiger partial charge in [0.25, 0.3) is 5.56 Å². The van der Waals surface area contributed by atoms with E-state index >= 15 is 0 Å². The number of nitrogens with zero attached hydrogens (tertiary/aromatic N) is 6. The fraction of sp³-hybridized carbons (Fsp3) is 0.500. The number of aryl methyl sites for hydroxylation is 1. The zero-order valence-corrected chi connectivity index (χ0v) is 14.8. The normalized spacial score (nSPS) is 13.7. The van der Waals surface area contributed by atoms with E-state index in [1.165, 1.54) is 24.1 Å². The molecule has 1 amide bonds. The van der Waals surface area contributed by atoms with Gasteiger partial charge in [-0.25, -0.2) is 4.98 Å². The highest BCUT2D eigenvalue weighted by Crippen LogP contribution is 2.17. The Morgan fingerprint density at radius 2 is 2.04 bits per heavy atom. The minimum Gasteiger partial charge on any atom is -0.467 e. The van der Waals surface area contributed by atoms with Crippen molar-refractivity contribution in [3.05, 3.63) is 34.3 Å². The Morgan fingerprint density at radius 1 is 1.27 bits per heavy atom. The Morgan fingerprint density at radius 3 is 2.73 bits per heavy atom. The van der Waals surface area contributed by atoms with Crippen LogP contribution in [0, 0.1) is 6.92 Å². The van der Waals surface area contributed by atoms with Crippen molar-refractivity contribution < 1.29 is 9.53 Å². The van der Waals surface area contributed by atoms with Gasteiger partial charge >= 0.3 is 6.01 Å². The van der Waals surface area contributed by atoms with Crippen LogP contribution in [0.15, 0.2) is 17.2 Å². The van der Waals surface area contributed by atoms with Crippen LogP contribution in [-0.4, -0.2) is 50.6 Å². The molecule has 1 N–H and O–H groups in total. The molecule has 0 radical (unpaired) electrons. The van der Waals surface area contributed by atoms with Crippen molar-refractivity contribution in [1.29, 1.82) is 0 Å². The van der Waals surface area contributed by atoms with Crippen molar-refractivity contribution >= 4 is 11.9 Å². The summed E-state index contributed by atoms with van der Waals surface area (Å²) in [6.07, 6.45) is 3.55. The zero-order valence-electron chi connectivity index (χ0n) is 14.8. The van der Waals surface area contributed by atoms with Gasteiger partial charge in [0.1, 0.15) is 6.54 Å². The molecule has 0 unspecified atom stereocenters. The summed E-state index contributed by atoms with van der Waals surface area (Å²) in [5, 5.41) is 2.71. The monoisotopic (exact) mass is 359 g/mol. The molecule has 0 spiro atoms. The van der Waals surface area contributed by atoms with Crippen molar-refractivity contribution in [3.8, 4) is 6.01 Å². The topological polar surface area (TPSA) is 115 Å². The highest BCUT2D eigenvalue weighted by atomic mass is 16.5. The van der Waals surface area contributed by atoms with Crippen LogP contribution in [0.4, 0.5) is 5.95 Å². The second-order valence-electron chi connectivity index (χ2n) is 6.01. The fourth-order valence-corrected chi connectivity index (χ4v) is 2.64. The Bertz CT molecular complexity index is 846. The van der Waals surface area contributed by atoms with E-state index in [2.05, 4.69) is 30.2 Å². The maximum Gasteiger partial charge on any atom is 0.321 e. The molecular weight excluding hydrogens is 338 g/mol. The fourth-order valence-electron chi connectivity index (χ4n) is 2.64. The Labute approximate surface area is 150 Å². The molecular formula is C16H21N7O3. The molecule has 0 saturated carbocycles. The summed E-state index contributed by atoms with van der Waals surface area (Å²) in [5.41, 5.74) is 0.337. The minimum absolute atomic E-state index is 0.118. The lowest BCUT2D eigenvalue weighted by Crippen LogP contribution is -2.32. The first kappa shape index (κ1) is 17.8. The molecule has 0 aliphatic carbocycles. The number of hydrogen-bond donors (Lipinski definition) is 1. The van der Waals surface area contributed by atoms with Crippen molar-refractivity contribution in [2.75, 3.05) is 25.1 Å². The first-order valence-corrected chi connectivity index (χ1v) is 8.39. The van der Waals surface area contributed by atoms with E-state index < -0.39 is 0 Å². The molecule has 0 bridgehead atoms. The number of ether oxygens (including phenoxy) is 1. The van der Waals surface area contributed by atoms with E-state index in [0.717, 1.165) is 25.9 Å². The number of anilines is 1. The van der Waals surface area contributed by atoms with Gasteiger partial charge in [0, 0.05) is 24.8 Å². The summed E-state index contributed by atoms with van der Waals surface area (Å²) in [6.45, 7) is 3.50. The third kappa shape index (κ3) is 4.32. The molecule has 10 nitrogen and oxygen atoms in total. The predicted octanol–water partition coefficient (Wildman–Crippen LogP) is -0.338. The van der Waals surface area contributed by atoms with Gasteiger partial charge in [0.15, 0.2) is 5.82 Å². The van der Waals surface area contributed by atoms with Crippen LogP contribution in [-0.2, 0) is 17.9 Å². The molecule has 0 aromatic carbocycles. The van der Waals surface area contributed by atoms with Crippen LogP contribution in [0.1, 0.15) is 24.4 Å². The Balaban J connectivity index is 1.65. The van der Waals surface area contributed by atoms with Gasteiger partial charge in [-0.2, -0.15) is 15.0 Å². The lowest BCUT2D eigenvalue weighted by atomic mass is 10.4. The number of carbonyl (C=O) groups excluding carboxylic acids is 1. The third-order valence-electron chi connectivity index (χ3n) is 3.99. The number of amides is 1. The summed E-state index contributed by atoms with van der Waals surface area (Å²) < 4.78 is 6.37. The molecule has 2 aromatic heterocycles. The second-order valence-corrected chi connectivity index (χ2v) is 6.01. The highest BCUT2D eigenvalue weighted by molar-refractivity contribution is 5.75. The molecule has 1 fully saturated rings. The number of aromatic nitrogens is 5. The van der Waals surface area contributed by atoms with E-state index in [1.807, 2.05) is 0 Å². The van der Waals surface area contributed by atoms with Gasteiger partial charge < -0.3 is 15.0 Å². The van der Waals surface area contributed by atoms with Gasteiger partial charge in [-0.1, -0.05) is 0 Å². The molecule has 138 valence electrons.